The number of nitrogens with one attached hydrogen (secondary N) is 2. The summed E-state index contributed by atoms with van der Waals surface area (Å²) in [7, 11) is 0. The molecule has 0 saturated carbocycles. The highest BCUT2D eigenvalue weighted by atomic mass is 79.9. The molecule has 6 heteroatoms. The lowest BCUT2D eigenvalue weighted by molar-refractivity contribution is 0.0954. The zero-order valence-corrected chi connectivity index (χ0v) is 13.4. The van der Waals surface area contributed by atoms with Crippen molar-refractivity contribution in [1.29, 1.82) is 0 Å². The van der Waals surface area contributed by atoms with E-state index in [1.54, 1.807) is 18.5 Å². The molecule has 0 aromatic carbocycles. The minimum absolute atomic E-state index is 0.144. The maximum atomic E-state index is 12.3. The number of hydrogen-bond acceptors (Lipinski definition) is 4. The van der Waals surface area contributed by atoms with Crippen molar-refractivity contribution in [2.24, 2.45) is 0 Å². The van der Waals surface area contributed by atoms with Crippen molar-refractivity contribution in [2.75, 3.05) is 18.4 Å². The summed E-state index contributed by atoms with van der Waals surface area (Å²) in [4.78, 5) is 16.5. The summed E-state index contributed by atoms with van der Waals surface area (Å²) in [6.07, 6.45) is 4.94. The zero-order chi connectivity index (χ0) is 15.1. The van der Waals surface area contributed by atoms with E-state index in [0.717, 1.165) is 23.2 Å². The van der Waals surface area contributed by atoms with Crippen LogP contribution in [0.15, 0.2) is 39.5 Å². The number of carbonyl (C=O) groups excluding carboxylic acids is 1. The Morgan fingerprint density at radius 1 is 1.43 bits per heavy atom. The molecule has 1 amide bonds. The number of rotatable bonds is 7. The summed E-state index contributed by atoms with van der Waals surface area (Å²) in [5.41, 5.74) is 0.539. The molecule has 2 rings (SSSR count). The minimum atomic E-state index is -0.144. The van der Waals surface area contributed by atoms with Crippen molar-refractivity contribution < 1.29 is 9.21 Å². The van der Waals surface area contributed by atoms with E-state index in [0.29, 0.717) is 24.3 Å². The van der Waals surface area contributed by atoms with E-state index in [9.17, 15) is 4.79 Å². The Bertz CT molecular complexity index is 585. The largest absolute Gasteiger partial charge is 0.469 e. The molecule has 0 aliphatic carbocycles. The molecule has 2 aromatic heterocycles. The fourth-order valence-electron chi connectivity index (χ4n) is 1.85. The number of furan rings is 1. The van der Waals surface area contributed by atoms with Crippen molar-refractivity contribution >= 4 is 27.7 Å². The van der Waals surface area contributed by atoms with Crippen LogP contribution in [-0.4, -0.2) is 24.0 Å². The van der Waals surface area contributed by atoms with E-state index in [1.165, 1.54) is 0 Å². The van der Waals surface area contributed by atoms with Gasteiger partial charge in [-0.2, -0.15) is 0 Å². The summed E-state index contributed by atoms with van der Waals surface area (Å²) >= 11 is 3.35. The first-order valence-corrected chi connectivity index (χ1v) is 7.70. The van der Waals surface area contributed by atoms with Crippen LogP contribution < -0.4 is 10.6 Å². The van der Waals surface area contributed by atoms with Gasteiger partial charge in [0.25, 0.3) is 5.91 Å². The Morgan fingerprint density at radius 2 is 2.29 bits per heavy atom. The van der Waals surface area contributed by atoms with Crippen LogP contribution in [0.1, 0.15) is 29.5 Å². The van der Waals surface area contributed by atoms with Gasteiger partial charge in [-0.15, -0.1) is 0 Å². The Labute approximate surface area is 132 Å². The van der Waals surface area contributed by atoms with Gasteiger partial charge in [0.05, 0.1) is 11.8 Å². The first-order chi connectivity index (χ1) is 10.2. The molecular formula is C15H18BrN3O2. The first-order valence-electron chi connectivity index (χ1n) is 6.90. The van der Waals surface area contributed by atoms with E-state index in [-0.39, 0.29) is 5.91 Å². The molecule has 5 nitrogen and oxygen atoms in total. The zero-order valence-electron chi connectivity index (χ0n) is 11.9. The molecule has 0 fully saturated rings. The van der Waals surface area contributed by atoms with Gasteiger partial charge in [0.1, 0.15) is 11.6 Å². The normalized spacial score (nSPS) is 10.4. The molecule has 2 heterocycles. The number of carbonyl (C=O) groups is 1. The lowest BCUT2D eigenvalue weighted by atomic mass is 10.2. The average Bonchev–Trinajstić information content (AvgIpc) is 2.99. The van der Waals surface area contributed by atoms with Crippen LogP contribution in [0.5, 0.6) is 0 Å². The van der Waals surface area contributed by atoms with Crippen molar-refractivity contribution in [2.45, 2.75) is 19.8 Å². The van der Waals surface area contributed by atoms with E-state index in [2.05, 4.69) is 38.5 Å². The monoisotopic (exact) mass is 351 g/mol. The topological polar surface area (TPSA) is 67.2 Å². The molecule has 21 heavy (non-hydrogen) atoms. The molecule has 0 bridgehead atoms. The highest BCUT2D eigenvalue weighted by molar-refractivity contribution is 9.10. The van der Waals surface area contributed by atoms with Gasteiger partial charge in [0, 0.05) is 30.2 Å². The van der Waals surface area contributed by atoms with Crippen molar-refractivity contribution in [3.63, 3.8) is 0 Å². The van der Waals surface area contributed by atoms with Gasteiger partial charge in [0.15, 0.2) is 0 Å². The highest BCUT2D eigenvalue weighted by Crippen LogP contribution is 2.18. The predicted octanol–water partition coefficient (Wildman–Crippen LogP) is 3.23. The molecule has 0 aliphatic heterocycles. The Morgan fingerprint density at radius 3 is 3.00 bits per heavy atom. The van der Waals surface area contributed by atoms with Crippen LogP contribution in [0.25, 0.3) is 0 Å². The lowest BCUT2D eigenvalue weighted by Gasteiger charge is -2.11. The number of amides is 1. The molecule has 0 aliphatic rings. The van der Waals surface area contributed by atoms with E-state index >= 15 is 0 Å². The Hall–Kier alpha value is -1.82. The second-order valence-corrected chi connectivity index (χ2v) is 5.48. The summed E-state index contributed by atoms with van der Waals surface area (Å²) in [6, 6.07) is 5.50. The van der Waals surface area contributed by atoms with Crippen molar-refractivity contribution in [3.8, 4) is 0 Å². The molecule has 0 saturated heterocycles. The number of aromatic nitrogens is 1. The Balaban J connectivity index is 1.98. The average molecular weight is 352 g/mol. The predicted molar refractivity (Wildman–Crippen MR) is 85.5 cm³/mol. The van der Waals surface area contributed by atoms with Gasteiger partial charge in [-0.05, 0) is 40.5 Å². The smallest absolute Gasteiger partial charge is 0.255 e. The third-order valence-corrected chi connectivity index (χ3v) is 3.31. The molecule has 0 unspecified atom stereocenters. The third-order valence-electron chi connectivity index (χ3n) is 2.88. The number of pyridine rings is 1. The molecule has 2 N–H and O–H groups in total. The van der Waals surface area contributed by atoms with Gasteiger partial charge >= 0.3 is 0 Å². The Kier molecular flexibility index (Phi) is 5.80. The number of anilines is 1. The maximum Gasteiger partial charge on any atom is 0.255 e. The molecular weight excluding hydrogens is 334 g/mol. The molecule has 112 valence electrons. The molecule has 0 radical (unpaired) electrons. The second kappa shape index (κ2) is 7.83. The molecule has 0 atom stereocenters. The quantitative estimate of drug-likeness (QED) is 0.803. The van der Waals surface area contributed by atoms with E-state index in [4.69, 9.17) is 4.42 Å². The fourth-order valence-corrected chi connectivity index (χ4v) is 2.18. The van der Waals surface area contributed by atoms with Gasteiger partial charge in [-0.25, -0.2) is 4.98 Å². The number of halogens is 1. The van der Waals surface area contributed by atoms with Gasteiger partial charge in [-0.1, -0.05) is 6.92 Å². The van der Waals surface area contributed by atoms with E-state index < -0.39 is 0 Å². The maximum absolute atomic E-state index is 12.3. The summed E-state index contributed by atoms with van der Waals surface area (Å²) in [5, 5.41) is 6.05. The summed E-state index contributed by atoms with van der Waals surface area (Å²) < 4.78 is 6.01. The van der Waals surface area contributed by atoms with E-state index in [1.807, 2.05) is 12.1 Å². The minimum Gasteiger partial charge on any atom is -0.469 e. The second-order valence-electron chi connectivity index (χ2n) is 4.56. The van der Waals surface area contributed by atoms with Gasteiger partial charge in [0.2, 0.25) is 0 Å². The number of nitrogens with zero attached hydrogens (tertiary/aromatic N) is 1. The molecule has 2 aromatic rings. The SMILES string of the molecule is CCCNc1ncc(Br)cc1C(=O)NCCc1ccco1. The van der Waals surface area contributed by atoms with Gasteiger partial charge < -0.3 is 15.1 Å². The molecule has 0 spiro atoms. The fraction of sp³-hybridized carbons (Fsp3) is 0.333. The lowest BCUT2D eigenvalue weighted by Crippen LogP contribution is -2.27. The van der Waals surface area contributed by atoms with Gasteiger partial charge in [-0.3, -0.25) is 4.79 Å². The standard InChI is InChI=1S/C15H18BrN3O2/c1-2-6-17-14-13(9-11(16)10-19-14)15(20)18-7-5-12-4-3-8-21-12/h3-4,8-10H,2,5-7H2,1H3,(H,17,19)(H,18,20). The number of hydrogen-bond donors (Lipinski definition) is 2. The van der Waals surface area contributed by atoms with Crippen LogP contribution in [0, 0.1) is 0 Å². The van der Waals surface area contributed by atoms with Crippen LogP contribution in [0.2, 0.25) is 0 Å². The summed E-state index contributed by atoms with van der Waals surface area (Å²) in [5.74, 6) is 1.32. The third kappa shape index (κ3) is 4.60. The summed E-state index contributed by atoms with van der Waals surface area (Å²) in [6.45, 7) is 3.36. The van der Waals surface area contributed by atoms with Crippen molar-refractivity contribution in [3.05, 3.63) is 46.5 Å². The van der Waals surface area contributed by atoms with Crippen LogP contribution in [0.4, 0.5) is 5.82 Å². The van der Waals surface area contributed by atoms with Crippen molar-refractivity contribution in [1.82, 2.24) is 10.3 Å². The van der Waals surface area contributed by atoms with Crippen LogP contribution in [0.3, 0.4) is 0 Å². The van der Waals surface area contributed by atoms with Crippen LogP contribution >= 0.6 is 15.9 Å². The first kappa shape index (κ1) is 15.6. The van der Waals surface area contributed by atoms with Crippen LogP contribution in [-0.2, 0) is 6.42 Å². The highest BCUT2D eigenvalue weighted by Gasteiger charge is 2.13.